The zero-order valence-corrected chi connectivity index (χ0v) is 13.2. The Morgan fingerprint density at radius 3 is 2.35 bits per heavy atom. The van der Waals surface area contributed by atoms with Crippen molar-refractivity contribution in [3.05, 3.63) is 38.5 Å². The number of aryl methyl sites for hydroxylation is 1. The van der Waals surface area contributed by atoms with Gasteiger partial charge in [0.25, 0.3) is 0 Å². The topological polar surface area (TPSA) is 30.7 Å². The van der Waals surface area contributed by atoms with Crippen molar-refractivity contribution in [1.29, 1.82) is 0 Å². The van der Waals surface area contributed by atoms with Crippen LogP contribution in [0.5, 0.6) is 0 Å². The van der Waals surface area contributed by atoms with E-state index in [-0.39, 0.29) is 5.38 Å². The van der Waals surface area contributed by atoms with Crippen LogP contribution < -0.4 is 0 Å². The van der Waals surface area contributed by atoms with E-state index in [9.17, 15) is 0 Å². The van der Waals surface area contributed by atoms with Crippen LogP contribution in [0, 0.1) is 6.92 Å². The largest absolute Gasteiger partial charge is 0.218 e. The molecule has 0 aliphatic carbocycles. The van der Waals surface area contributed by atoms with Crippen LogP contribution >= 0.6 is 43.5 Å². The number of aromatic nitrogens is 3. The van der Waals surface area contributed by atoms with Crippen molar-refractivity contribution in [3.63, 3.8) is 0 Å². The Kier molecular flexibility index (Phi) is 3.90. The Morgan fingerprint density at radius 1 is 1.29 bits per heavy atom. The van der Waals surface area contributed by atoms with E-state index in [1.807, 2.05) is 32.2 Å². The van der Waals surface area contributed by atoms with Crippen LogP contribution in [0.15, 0.2) is 27.3 Å². The van der Waals surface area contributed by atoms with Crippen molar-refractivity contribution >= 4 is 43.5 Å². The van der Waals surface area contributed by atoms with Crippen molar-refractivity contribution in [1.82, 2.24) is 15.0 Å². The SMILES string of the molecule is Cc1cc(Br)c(-n2cc(C(C)Cl)nn2)c(Br)c1. The van der Waals surface area contributed by atoms with E-state index in [2.05, 4.69) is 42.2 Å². The first-order valence-electron chi connectivity index (χ1n) is 5.01. The third kappa shape index (κ3) is 2.72. The number of nitrogens with zero attached hydrogens (tertiary/aromatic N) is 3. The molecular weight excluding hydrogens is 369 g/mol. The average Bonchev–Trinajstić information content (AvgIpc) is 2.65. The molecule has 2 rings (SSSR count). The van der Waals surface area contributed by atoms with Crippen LogP contribution in [0.2, 0.25) is 0 Å². The van der Waals surface area contributed by atoms with Crippen molar-refractivity contribution in [2.75, 3.05) is 0 Å². The highest BCUT2D eigenvalue weighted by molar-refractivity contribution is 9.11. The van der Waals surface area contributed by atoms with Gasteiger partial charge in [0.2, 0.25) is 0 Å². The smallest absolute Gasteiger partial charge is 0.101 e. The first-order chi connectivity index (χ1) is 7.99. The lowest BCUT2D eigenvalue weighted by Gasteiger charge is -2.07. The molecule has 1 atom stereocenters. The number of halogens is 3. The molecule has 3 nitrogen and oxygen atoms in total. The summed E-state index contributed by atoms with van der Waals surface area (Å²) in [5.41, 5.74) is 2.84. The molecule has 0 spiro atoms. The fourth-order valence-electron chi connectivity index (χ4n) is 1.48. The third-order valence-electron chi connectivity index (χ3n) is 2.31. The maximum Gasteiger partial charge on any atom is 0.101 e. The zero-order valence-electron chi connectivity index (χ0n) is 9.28. The number of hydrogen-bond donors (Lipinski definition) is 0. The van der Waals surface area contributed by atoms with E-state index >= 15 is 0 Å². The molecule has 0 aliphatic heterocycles. The standard InChI is InChI=1S/C11H10Br2ClN3/c1-6-3-8(12)11(9(13)4-6)17-5-10(7(2)14)15-16-17/h3-5,7H,1-2H3. The number of rotatable bonds is 2. The first-order valence-corrected chi connectivity index (χ1v) is 7.03. The molecule has 0 aliphatic rings. The van der Waals surface area contributed by atoms with E-state index in [0.717, 1.165) is 20.3 Å². The van der Waals surface area contributed by atoms with Gasteiger partial charge < -0.3 is 0 Å². The highest BCUT2D eigenvalue weighted by atomic mass is 79.9. The van der Waals surface area contributed by atoms with Gasteiger partial charge in [-0.2, -0.15) is 0 Å². The van der Waals surface area contributed by atoms with Gasteiger partial charge in [0.15, 0.2) is 0 Å². The maximum absolute atomic E-state index is 5.97. The molecule has 90 valence electrons. The normalized spacial score (nSPS) is 12.8. The molecule has 1 aromatic carbocycles. The first kappa shape index (κ1) is 13.1. The molecule has 0 bridgehead atoms. The Bertz CT molecular complexity index is 528. The van der Waals surface area contributed by atoms with Gasteiger partial charge in [-0.3, -0.25) is 0 Å². The fourth-order valence-corrected chi connectivity index (χ4v) is 3.36. The van der Waals surface area contributed by atoms with Gasteiger partial charge in [-0.25, -0.2) is 4.68 Å². The van der Waals surface area contributed by atoms with E-state index in [1.54, 1.807) is 4.68 Å². The molecule has 6 heteroatoms. The van der Waals surface area contributed by atoms with Gasteiger partial charge in [0.05, 0.1) is 17.3 Å². The fraction of sp³-hybridized carbons (Fsp3) is 0.273. The van der Waals surface area contributed by atoms with Crippen LogP contribution in [-0.2, 0) is 0 Å². The molecule has 0 fully saturated rings. The summed E-state index contributed by atoms with van der Waals surface area (Å²) in [6.45, 7) is 3.90. The van der Waals surface area contributed by atoms with Crippen LogP contribution in [0.3, 0.4) is 0 Å². The average molecular weight is 379 g/mol. The Hall–Kier alpha value is -0.390. The van der Waals surface area contributed by atoms with E-state index in [1.165, 1.54) is 5.56 Å². The Labute approximate surface area is 121 Å². The minimum absolute atomic E-state index is 0.147. The maximum atomic E-state index is 5.97. The van der Waals surface area contributed by atoms with Crippen molar-refractivity contribution in [3.8, 4) is 5.69 Å². The summed E-state index contributed by atoms with van der Waals surface area (Å²) in [5.74, 6) is 0. The minimum Gasteiger partial charge on any atom is -0.218 e. The predicted octanol–water partition coefficient (Wildman–Crippen LogP) is 4.40. The van der Waals surface area contributed by atoms with Crippen molar-refractivity contribution in [2.24, 2.45) is 0 Å². The molecule has 0 N–H and O–H groups in total. The summed E-state index contributed by atoms with van der Waals surface area (Å²) >= 11 is 13.0. The molecular formula is C11H10Br2ClN3. The van der Waals surface area contributed by atoms with Crippen LogP contribution in [-0.4, -0.2) is 15.0 Å². The van der Waals surface area contributed by atoms with E-state index < -0.39 is 0 Å². The molecule has 2 aromatic rings. The zero-order chi connectivity index (χ0) is 12.6. The predicted molar refractivity (Wildman–Crippen MR) is 75.8 cm³/mol. The lowest BCUT2D eigenvalue weighted by Crippen LogP contribution is -1.98. The molecule has 1 unspecified atom stereocenters. The molecule has 0 amide bonds. The summed E-state index contributed by atoms with van der Waals surface area (Å²) in [6.07, 6.45) is 1.83. The molecule has 0 saturated heterocycles. The monoisotopic (exact) mass is 377 g/mol. The Balaban J connectivity index is 2.52. The lowest BCUT2D eigenvalue weighted by atomic mass is 10.2. The lowest BCUT2D eigenvalue weighted by molar-refractivity contribution is 0.791. The minimum atomic E-state index is -0.147. The highest BCUT2D eigenvalue weighted by Gasteiger charge is 2.13. The molecule has 17 heavy (non-hydrogen) atoms. The summed E-state index contributed by atoms with van der Waals surface area (Å²) in [6, 6.07) is 4.07. The van der Waals surface area contributed by atoms with Crippen molar-refractivity contribution < 1.29 is 0 Å². The van der Waals surface area contributed by atoms with Gasteiger partial charge in [-0.05, 0) is 63.4 Å². The third-order valence-corrected chi connectivity index (χ3v) is 3.74. The summed E-state index contributed by atoms with van der Waals surface area (Å²) in [7, 11) is 0. The highest BCUT2D eigenvalue weighted by Crippen LogP contribution is 2.30. The van der Waals surface area contributed by atoms with Gasteiger partial charge in [0, 0.05) is 8.95 Å². The van der Waals surface area contributed by atoms with Gasteiger partial charge >= 0.3 is 0 Å². The van der Waals surface area contributed by atoms with Gasteiger partial charge in [-0.15, -0.1) is 16.7 Å². The van der Waals surface area contributed by atoms with E-state index in [0.29, 0.717) is 0 Å². The van der Waals surface area contributed by atoms with Gasteiger partial charge in [0.1, 0.15) is 5.69 Å². The second-order valence-corrected chi connectivity index (χ2v) is 6.14. The van der Waals surface area contributed by atoms with Crippen LogP contribution in [0.1, 0.15) is 23.6 Å². The summed E-state index contributed by atoms with van der Waals surface area (Å²) < 4.78 is 3.63. The second-order valence-electron chi connectivity index (χ2n) is 3.78. The molecule has 0 radical (unpaired) electrons. The molecule has 1 aromatic heterocycles. The summed E-state index contributed by atoms with van der Waals surface area (Å²) in [4.78, 5) is 0. The molecule has 0 saturated carbocycles. The van der Waals surface area contributed by atoms with Crippen molar-refractivity contribution in [2.45, 2.75) is 19.2 Å². The van der Waals surface area contributed by atoms with Gasteiger partial charge in [-0.1, -0.05) is 5.21 Å². The van der Waals surface area contributed by atoms with E-state index in [4.69, 9.17) is 11.6 Å². The second kappa shape index (κ2) is 5.08. The quantitative estimate of drug-likeness (QED) is 0.724. The molecule has 1 heterocycles. The number of benzene rings is 1. The number of hydrogen-bond acceptors (Lipinski definition) is 2. The summed E-state index contributed by atoms with van der Waals surface area (Å²) in [5, 5.41) is 7.97. The Morgan fingerprint density at radius 2 is 1.88 bits per heavy atom. The number of alkyl halides is 1. The van der Waals surface area contributed by atoms with Crippen LogP contribution in [0.25, 0.3) is 5.69 Å². The van der Waals surface area contributed by atoms with Crippen LogP contribution in [0.4, 0.5) is 0 Å².